The summed E-state index contributed by atoms with van der Waals surface area (Å²) in [5.41, 5.74) is 3.00. The molecule has 0 radical (unpaired) electrons. The van der Waals surface area contributed by atoms with Gasteiger partial charge in [-0.05, 0) is 54.6 Å². The third kappa shape index (κ3) is 4.56. The second-order valence-corrected chi connectivity index (χ2v) is 7.16. The van der Waals surface area contributed by atoms with E-state index in [0.29, 0.717) is 11.4 Å². The Morgan fingerprint density at radius 3 is 2.48 bits per heavy atom. The van der Waals surface area contributed by atoms with Gasteiger partial charge in [-0.15, -0.1) is 0 Å². The van der Waals surface area contributed by atoms with E-state index in [0.717, 1.165) is 12.1 Å². The van der Waals surface area contributed by atoms with E-state index in [1.807, 2.05) is 0 Å². The number of ether oxygens (including phenoxy) is 1. The van der Waals surface area contributed by atoms with Crippen molar-refractivity contribution in [3.63, 3.8) is 0 Å². The van der Waals surface area contributed by atoms with Crippen LogP contribution < -0.4 is 27.2 Å². The van der Waals surface area contributed by atoms with E-state index in [4.69, 9.17) is 32.4 Å². The molecule has 4 rings (SSSR count). The molecule has 1 amide bonds. The molecule has 0 aliphatic rings. The lowest BCUT2D eigenvalue weighted by molar-refractivity contribution is 0.102. The zero-order chi connectivity index (χ0) is 23.5. The summed E-state index contributed by atoms with van der Waals surface area (Å²) in [4.78, 5) is 12.7. The lowest BCUT2D eigenvalue weighted by Crippen LogP contribution is -2.32. The van der Waals surface area contributed by atoms with Crippen LogP contribution in [0, 0.1) is 11.6 Å². The zero-order valence-corrected chi connectivity index (χ0v) is 17.5. The number of benzene rings is 3. The molecule has 168 valence electrons. The predicted molar refractivity (Wildman–Crippen MR) is 120 cm³/mol. The van der Waals surface area contributed by atoms with Gasteiger partial charge in [-0.2, -0.15) is 5.10 Å². The third-order valence-corrected chi connectivity index (χ3v) is 4.96. The quantitative estimate of drug-likeness (QED) is 0.147. The van der Waals surface area contributed by atoms with Crippen LogP contribution in [-0.2, 0) is 0 Å². The van der Waals surface area contributed by atoms with Crippen LogP contribution in [0.4, 0.5) is 14.5 Å². The van der Waals surface area contributed by atoms with Crippen molar-refractivity contribution in [1.82, 2.24) is 5.43 Å². The molecular weight excluding hydrogens is 456 g/mol. The fraction of sp³-hybridized carbons (Fsp3) is 0. The molecule has 3 aromatic carbocycles. The predicted octanol–water partition coefficient (Wildman–Crippen LogP) is 4.49. The maximum Gasteiger partial charge on any atom is 0.259 e. The number of nitrogens with two attached hydrogens (primary N) is 2. The number of hydrazine groups is 1. The monoisotopic (exact) mass is 471 g/mol. The Labute approximate surface area is 190 Å². The molecule has 0 saturated carbocycles. The molecule has 0 atom stereocenters. The fourth-order valence-corrected chi connectivity index (χ4v) is 3.28. The summed E-state index contributed by atoms with van der Waals surface area (Å²) in [5, 5.41) is 6.45. The van der Waals surface area contributed by atoms with Crippen LogP contribution >= 0.6 is 11.6 Å². The van der Waals surface area contributed by atoms with Crippen molar-refractivity contribution in [2.75, 3.05) is 5.32 Å². The molecule has 0 unspecified atom stereocenters. The number of halogens is 3. The minimum atomic E-state index is -0.693. The normalized spacial score (nSPS) is 11.5. The van der Waals surface area contributed by atoms with Gasteiger partial charge in [0.15, 0.2) is 5.84 Å². The highest BCUT2D eigenvalue weighted by atomic mass is 35.5. The molecule has 1 aromatic heterocycles. The number of hydrogen-bond acceptors (Lipinski definition) is 6. The first-order chi connectivity index (χ1) is 15.9. The van der Waals surface area contributed by atoms with Crippen molar-refractivity contribution in [2.45, 2.75) is 0 Å². The Hall–Kier alpha value is -4.15. The van der Waals surface area contributed by atoms with Crippen LogP contribution in [0.3, 0.4) is 0 Å². The standard InChI is InChI=1S/C22H16ClF2N5O3/c23-17-7-11(24)1-6-19(17)33-13-4-2-12(3-5-13)28-22(31)16-10-32-20-9-15(21(29-26)30-27)18(25)8-14(16)20/h1-10H,26-27H2,(H,28,31)(H,29,30). The Morgan fingerprint density at radius 1 is 1.06 bits per heavy atom. The first-order valence-corrected chi connectivity index (χ1v) is 9.77. The molecule has 33 heavy (non-hydrogen) atoms. The minimum absolute atomic E-state index is 0.00865. The maximum absolute atomic E-state index is 14.5. The molecule has 6 N–H and O–H groups in total. The highest BCUT2D eigenvalue weighted by molar-refractivity contribution is 6.32. The number of nitrogens with one attached hydrogen (secondary N) is 2. The first-order valence-electron chi connectivity index (χ1n) is 9.39. The van der Waals surface area contributed by atoms with Crippen molar-refractivity contribution < 1.29 is 22.7 Å². The number of nitrogens with zero attached hydrogens (tertiary/aromatic N) is 1. The molecule has 8 nitrogen and oxygen atoms in total. The van der Waals surface area contributed by atoms with Crippen LogP contribution in [-0.4, -0.2) is 11.7 Å². The van der Waals surface area contributed by atoms with Crippen molar-refractivity contribution >= 4 is 40.0 Å². The number of anilines is 1. The van der Waals surface area contributed by atoms with Gasteiger partial charge in [0.1, 0.15) is 35.0 Å². The molecular formula is C22H16ClF2N5O3. The summed E-state index contributed by atoms with van der Waals surface area (Å²) >= 11 is 5.96. The average Bonchev–Trinajstić information content (AvgIpc) is 3.20. The summed E-state index contributed by atoms with van der Waals surface area (Å²) in [7, 11) is 0. The molecule has 0 aliphatic heterocycles. The van der Waals surface area contributed by atoms with Crippen LogP contribution in [0.25, 0.3) is 11.0 Å². The summed E-state index contributed by atoms with van der Waals surface area (Å²) in [6.07, 6.45) is 1.21. The number of amides is 1. The number of carbonyl (C=O) groups excluding carboxylic acids is 1. The highest BCUT2D eigenvalue weighted by Crippen LogP contribution is 2.31. The van der Waals surface area contributed by atoms with E-state index in [-0.39, 0.29) is 38.7 Å². The van der Waals surface area contributed by atoms with Gasteiger partial charge < -0.3 is 25.7 Å². The highest BCUT2D eigenvalue weighted by Gasteiger charge is 2.19. The summed E-state index contributed by atoms with van der Waals surface area (Å²) in [6.45, 7) is 0. The van der Waals surface area contributed by atoms with Crippen LogP contribution in [0.5, 0.6) is 11.5 Å². The topological polar surface area (TPSA) is 128 Å². The van der Waals surface area contributed by atoms with Gasteiger partial charge in [0.25, 0.3) is 5.91 Å². The van der Waals surface area contributed by atoms with Gasteiger partial charge in [-0.1, -0.05) is 11.6 Å². The second kappa shape index (κ2) is 9.15. The molecule has 4 aromatic rings. The van der Waals surface area contributed by atoms with Crippen LogP contribution in [0.1, 0.15) is 15.9 Å². The largest absolute Gasteiger partial charge is 0.463 e. The third-order valence-electron chi connectivity index (χ3n) is 4.66. The number of rotatable bonds is 5. The lowest BCUT2D eigenvalue weighted by atomic mass is 10.1. The van der Waals surface area contributed by atoms with Crippen molar-refractivity contribution in [3.8, 4) is 11.5 Å². The Balaban J connectivity index is 1.51. The molecule has 0 aliphatic carbocycles. The summed E-state index contributed by atoms with van der Waals surface area (Å²) < 4.78 is 38.7. The first kappa shape index (κ1) is 22.1. The van der Waals surface area contributed by atoms with Gasteiger partial charge in [0, 0.05) is 11.1 Å². The van der Waals surface area contributed by atoms with Crippen molar-refractivity contribution in [3.05, 3.63) is 88.6 Å². The van der Waals surface area contributed by atoms with Crippen molar-refractivity contribution in [1.29, 1.82) is 0 Å². The number of hydrogen-bond donors (Lipinski definition) is 4. The van der Waals surface area contributed by atoms with E-state index in [9.17, 15) is 13.6 Å². The number of carbonyl (C=O) groups is 1. The van der Waals surface area contributed by atoms with E-state index >= 15 is 0 Å². The zero-order valence-electron chi connectivity index (χ0n) is 16.7. The SMILES string of the molecule is N/N=C(\NN)c1cc2occ(C(=O)Nc3ccc(Oc4ccc(F)cc4Cl)cc3)c2cc1F. The summed E-state index contributed by atoms with van der Waals surface area (Å²) in [6, 6.07) is 12.6. The van der Waals surface area contributed by atoms with Gasteiger partial charge >= 0.3 is 0 Å². The van der Waals surface area contributed by atoms with Gasteiger partial charge in [-0.25, -0.2) is 14.6 Å². The van der Waals surface area contributed by atoms with Crippen LogP contribution in [0.2, 0.25) is 5.02 Å². The smallest absolute Gasteiger partial charge is 0.259 e. The van der Waals surface area contributed by atoms with E-state index in [2.05, 4.69) is 15.8 Å². The number of amidine groups is 1. The number of furan rings is 1. The van der Waals surface area contributed by atoms with Gasteiger partial charge in [0.05, 0.1) is 16.1 Å². The fourth-order valence-electron chi connectivity index (χ4n) is 3.08. The molecule has 1 heterocycles. The minimum Gasteiger partial charge on any atom is -0.463 e. The Morgan fingerprint density at radius 2 is 1.82 bits per heavy atom. The average molecular weight is 472 g/mol. The van der Waals surface area contributed by atoms with E-state index in [1.165, 1.54) is 24.5 Å². The Kier molecular flexibility index (Phi) is 6.11. The number of fused-ring (bicyclic) bond motifs is 1. The van der Waals surface area contributed by atoms with Crippen molar-refractivity contribution in [2.24, 2.45) is 16.8 Å². The Bertz CT molecular complexity index is 1370. The molecule has 11 heteroatoms. The molecule has 0 spiro atoms. The van der Waals surface area contributed by atoms with Gasteiger partial charge in [0.2, 0.25) is 0 Å². The summed E-state index contributed by atoms with van der Waals surface area (Å²) in [5.74, 6) is 9.42. The molecule has 0 bridgehead atoms. The van der Waals surface area contributed by atoms with Gasteiger partial charge in [-0.3, -0.25) is 4.79 Å². The lowest BCUT2D eigenvalue weighted by Gasteiger charge is -2.09. The van der Waals surface area contributed by atoms with E-state index in [1.54, 1.807) is 24.3 Å². The molecule has 0 saturated heterocycles. The molecule has 0 fully saturated rings. The number of hydrazone groups is 1. The van der Waals surface area contributed by atoms with Crippen LogP contribution in [0.15, 0.2) is 70.4 Å². The second-order valence-electron chi connectivity index (χ2n) is 6.75. The van der Waals surface area contributed by atoms with E-state index < -0.39 is 17.5 Å². The maximum atomic E-state index is 14.5.